The summed E-state index contributed by atoms with van der Waals surface area (Å²) in [4.78, 5) is 15.0. The van der Waals surface area contributed by atoms with E-state index in [0.29, 0.717) is 6.61 Å². The lowest BCUT2D eigenvalue weighted by Gasteiger charge is -1.96. The van der Waals surface area contributed by atoms with Gasteiger partial charge in [0.2, 0.25) is 0 Å². The van der Waals surface area contributed by atoms with E-state index in [1.165, 1.54) is 0 Å². The number of nitrogens with zero attached hydrogens (tertiary/aromatic N) is 1. The predicted octanol–water partition coefficient (Wildman–Crippen LogP) is 1.25. The third-order valence-electron chi connectivity index (χ3n) is 0.844. The summed E-state index contributed by atoms with van der Waals surface area (Å²) in [5.41, 5.74) is -0.0153. The Kier molecular flexibility index (Phi) is 5.83. The van der Waals surface area contributed by atoms with Crippen LogP contribution in [0.2, 0.25) is 0 Å². The van der Waals surface area contributed by atoms with Gasteiger partial charge in [-0.15, -0.1) is 0 Å². The predicted molar refractivity (Wildman–Crippen MR) is 45.1 cm³/mol. The molecule has 0 aliphatic carbocycles. The number of halogens is 1. The molecule has 0 spiro atoms. The Labute approximate surface area is 73.4 Å². The van der Waals surface area contributed by atoms with E-state index in [1.807, 2.05) is 6.92 Å². The normalized spacial score (nSPS) is 11.3. The molecule has 0 radical (unpaired) electrons. The standard InChI is InChI=1S/C6H10BrNO3/c1-2-3-11-8-5(4-7)6(9)10/h2-4H2,1H3,(H,9,10). The van der Waals surface area contributed by atoms with Crippen LogP contribution in [0, 0.1) is 0 Å². The van der Waals surface area contributed by atoms with Gasteiger partial charge in [-0.3, -0.25) is 0 Å². The van der Waals surface area contributed by atoms with Crippen LogP contribution in [0.1, 0.15) is 13.3 Å². The second kappa shape index (κ2) is 6.15. The van der Waals surface area contributed by atoms with Crippen molar-refractivity contribution in [3.63, 3.8) is 0 Å². The van der Waals surface area contributed by atoms with E-state index < -0.39 is 5.97 Å². The van der Waals surface area contributed by atoms with E-state index in [4.69, 9.17) is 5.11 Å². The molecule has 0 bridgehead atoms. The maximum Gasteiger partial charge on any atom is 0.354 e. The zero-order chi connectivity index (χ0) is 8.69. The molecular formula is C6H10BrNO3. The number of alkyl halides is 1. The fourth-order valence-corrected chi connectivity index (χ4v) is 0.678. The summed E-state index contributed by atoms with van der Waals surface area (Å²) in [6.45, 7) is 2.37. The van der Waals surface area contributed by atoms with Crippen LogP contribution in [0.3, 0.4) is 0 Å². The molecule has 0 atom stereocenters. The molecule has 5 heteroatoms. The zero-order valence-electron chi connectivity index (χ0n) is 6.21. The molecule has 1 N–H and O–H groups in total. The van der Waals surface area contributed by atoms with Crippen molar-refractivity contribution in [1.82, 2.24) is 0 Å². The zero-order valence-corrected chi connectivity index (χ0v) is 7.80. The SMILES string of the molecule is CCCON=C(CBr)C(=O)O. The molecule has 0 aromatic carbocycles. The number of carbonyl (C=O) groups is 1. The Morgan fingerprint density at radius 2 is 2.36 bits per heavy atom. The summed E-state index contributed by atoms with van der Waals surface area (Å²) >= 11 is 2.98. The molecule has 0 aliphatic heterocycles. The van der Waals surface area contributed by atoms with Gasteiger partial charge in [-0.2, -0.15) is 0 Å². The molecule has 0 saturated carbocycles. The van der Waals surface area contributed by atoms with Gasteiger partial charge in [-0.05, 0) is 6.42 Å². The fourth-order valence-electron chi connectivity index (χ4n) is 0.335. The van der Waals surface area contributed by atoms with Crippen molar-refractivity contribution in [3.05, 3.63) is 0 Å². The number of oxime groups is 1. The highest BCUT2D eigenvalue weighted by molar-refractivity contribution is 9.09. The molecule has 4 nitrogen and oxygen atoms in total. The highest BCUT2D eigenvalue weighted by atomic mass is 79.9. The molecular weight excluding hydrogens is 214 g/mol. The lowest BCUT2D eigenvalue weighted by atomic mass is 10.4. The number of carboxylic acids is 1. The summed E-state index contributed by atoms with van der Waals surface area (Å²) in [6, 6.07) is 0. The summed E-state index contributed by atoms with van der Waals surface area (Å²) < 4.78 is 0. The van der Waals surface area contributed by atoms with Crippen molar-refractivity contribution in [1.29, 1.82) is 0 Å². The number of aliphatic carboxylic acids is 1. The van der Waals surface area contributed by atoms with Crippen LogP contribution < -0.4 is 0 Å². The number of hydrogen-bond acceptors (Lipinski definition) is 3. The highest BCUT2D eigenvalue weighted by Gasteiger charge is 2.06. The topological polar surface area (TPSA) is 58.9 Å². The van der Waals surface area contributed by atoms with Crippen LogP contribution in [0.15, 0.2) is 5.16 Å². The minimum atomic E-state index is -1.06. The van der Waals surface area contributed by atoms with Crippen molar-refractivity contribution < 1.29 is 14.7 Å². The van der Waals surface area contributed by atoms with Crippen molar-refractivity contribution in [3.8, 4) is 0 Å². The smallest absolute Gasteiger partial charge is 0.354 e. The highest BCUT2D eigenvalue weighted by Crippen LogP contribution is 1.89. The van der Waals surface area contributed by atoms with Crippen LogP contribution in [0.5, 0.6) is 0 Å². The molecule has 0 heterocycles. The van der Waals surface area contributed by atoms with Crippen LogP contribution in [0.4, 0.5) is 0 Å². The lowest BCUT2D eigenvalue weighted by Crippen LogP contribution is -2.14. The van der Waals surface area contributed by atoms with Gasteiger partial charge in [0.05, 0.1) is 5.33 Å². The molecule has 0 unspecified atom stereocenters. The fraction of sp³-hybridized carbons (Fsp3) is 0.667. The summed E-state index contributed by atoms with van der Waals surface area (Å²) in [6.07, 6.45) is 0.818. The molecule has 0 fully saturated rings. The number of carboxylic acid groups (broad SMARTS) is 1. The molecule has 0 amide bonds. The third kappa shape index (κ3) is 4.78. The number of rotatable bonds is 5. The first kappa shape index (κ1) is 10.4. The van der Waals surface area contributed by atoms with Crippen molar-refractivity contribution >= 4 is 27.6 Å². The van der Waals surface area contributed by atoms with E-state index in [0.717, 1.165) is 6.42 Å². The average molecular weight is 224 g/mol. The average Bonchev–Trinajstić information content (AvgIpc) is 1.97. The van der Waals surface area contributed by atoms with E-state index >= 15 is 0 Å². The van der Waals surface area contributed by atoms with Crippen LogP contribution in [-0.4, -0.2) is 28.7 Å². The minimum Gasteiger partial charge on any atom is -0.477 e. The Balaban J connectivity index is 3.81. The minimum absolute atomic E-state index is 0.0153. The van der Waals surface area contributed by atoms with Gasteiger partial charge < -0.3 is 9.94 Å². The Bertz CT molecular complexity index is 158. The summed E-state index contributed by atoms with van der Waals surface area (Å²) in [7, 11) is 0. The van der Waals surface area contributed by atoms with E-state index in [1.54, 1.807) is 0 Å². The summed E-state index contributed by atoms with van der Waals surface area (Å²) in [5, 5.41) is 12.0. The lowest BCUT2D eigenvalue weighted by molar-refractivity contribution is -0.129. The van der Waals surface area contributed by atoms with Gasteiger partial charge in [0.1, 0.15) is 6.61 Å². The second-order valence-corrected chi connectivity index (χ2v) is 2.37. The van der Waals surface area contributed by atoms with Gasteiger partial charge in [0.25, 0.3) is 0 Å². The molecule has 0 aromatic heterocycles. The third-order valence-corrected chi connectivity index (χ3v) is 1.37. The van der Waals surface area contributed by atoms with Crippen LogP contribution in [-0.2, 0) is 9.63 Å². The second-order valence-electron chi connectivity index (χ2n) is 1.81. The first-order valence-electron chi connectivity index (χ1n) is 3.20. The first-order chi connectivity index (χ1) is 5.22. The van der Waals surface area contributed by atoms with Crippen molar-refractivity contribution in [2.24, 2.45) is 5.16 Å². The van der Waals surface area contributed by atoms with Crippen molar-refractivity contribution in [2.45, 2.75) is 13.3 Å². The number of hydrogen-bond donors (Lipinski definition) is 1. The largest absolute Gasteiger partial charge is 0.477 e. The van der Waals surface area contributed by atoms with E-state index in [9.17, 15) is 4.79 Å². The first-order valence-corrected chi connectivity index (χ1v) is 4.32. The molecule has 0 aromatic rings. The molecule has 0 aliphatic rings. The molecule has 0 saturated heterocycles. The van der Waals surface area contributed by atoms with E-state index in [-0.39, 0.29) is 11.0 Å². The molecule has 11 heavy (non-hydrogen) atoms. The van der Waals surface area contributed by atoms with Gasteiger partial charge in [-0.25, -0.2) is 4.79 Å². The van der Waals surface area contributed by atoms with E-state index in [2.05, 4.69) is 25.9 Å². The van der Waals surface area contributed by atoms with Crippen LogP contribution in [0.25, 0.3) is 0 Å². The van der Waals surface area contributed by atoms with Gasteiger partial charge in [0, 0.05) is 0 Å². The quantitative estimate of drug-likeness (QED) is 0.331. The maximum absolute atomic E-state index is 10.3. The Morgan fingerprint density at radius 1 is 1.73 bits per heavy atom. The maximum atomic E-state index is 10.3. The van der Waals surface area contributed by atoms with Gasteiger partial charge >= 0.3 is 5.97 Å². The van der Waals surface area contributed by atoms with Gasteiger partial charge in [-0.1, -0.05) is 28.0 Å². The molecule has 0 rings (SSSR count). The Hall–Kier alpha value is -0.580. The summed E-state index contributed by atoms with van der Waals surface area (Å²) in [5.74, 6) is -1.06. The van der Waals surface area contributed by atoms with Crippen molar-refractivity contribution in [2.75, 3.05) is 11.9 Å². The van der Waals surface area contributed by atoms with Gasteiger partial charge in [0.15, 0.2) is 5.71 Å². The monoisotopic (exact) mass is 223 g/mol. The Morgan fingerprint density at radius 3 is 2.73 bits per heavy atom. The molecule has 64 valence electrons. The van der Waals surface area contributed by atoms with Crippen LogP contribution >= 0.6 is 15.9 Å².